The second kappa shape index (κ2) is 7.17. The quantitative estimate of drug-likeness (QED) is 0.859. The predicted octanol–water partition coefficient (Wildman–Crippen LogP) is 2.88. The number of carbonyl (C=O) groups excluding carboxylic acids is 1. The lowest BCUT2D eigenvalue weighted by atomic mass is 10.1. The number of ether oxygens (including phenoxy) is 1. The summed E-state index contributed by atoms with van der Waals surface area (Å²) in [4.78, 5) is 13.8. The minimum atomic E-state index is 0.0364. The van der Waals surface area contributed by atoms with Gasteiger partial charge in [-0.2, -0.15) is 0 Å². The van der Waals surface area contributed by atoms with Gasteiger partial charge < -0.3 is 15.0 Å². The van der Waals surface area contributed by atoms with E-state index in [0.29, 0.717) is 13.2 Å². The Kier molecular flexibility index (Phi) is 5.27. The van der Waals surface area contributed by atoms with Crippen molar-refractivity contribution in [2.75, 3.05) is 26.2 Å². The Morgan fingerprint density at radius 1 is 1.25 bits per heavy atom. The van der Waals surface area contributed by atoms with Crippen LogP contribution >= 0.6 is 0 Å². The number of carbonyl (C=O) groups is 1. The van der Waals surface area contributed by atoms with Crippen molar-refractivity contribution in [3.8, 4) is 5.75 Å². The topological polar surface area (TPSA) is 41.6 Å². The zero-order chi connectivity index (χ0) is 14.4. The minimum Gasteiger partial charge on any atom is -0.491 e. The number of amides is 2. The van der Waals surface area contributed by atoms with E-state index in [0.717, 1.165) is 37.2 Å². The van der Waals surface area contributed by atoms with Gasteiger partial charge in [-0.3, -0.25) is 0 Å². The molecule has 1 aliphatic rings. The Hall–Kier alpha value is -1.71. The third-order valence-corrected chi connectivity index (χ3v) is 3.83. The summed E-state index contributed by atoms with van der Waals surface area (Å²) >= 11 is 0. The van der Waals surface area contributed by atoms with Gasteiger partial charge in [0, 0.05) is 13.1 Å². The smallest absolute Gasteiger partial charge is 0.317 e. The van der Waals surface area contributed by atoms with Gasteiger partial charge in [0.15, 0.2) is 0 Å². The average Bonchev–Trinajstić information content (AvgIpc) is 2.48. The summed E-state index contributed by atoms with van der Waals surface area (Å²) in [7, 11) is 0. The molecule has 4 heteroatoms. The summed E-state index contributed by atoms with van der Waals surface area (Å²) in [5.41, 5.74) is 2.38. The molecule has 2 amide bonds. The summed E-state index contributed by atoms with van der Waals surface area (Å²) in [5, 5.41) is 2.92. The molecule has 110 valence electrons. The second-order valence-corrected chi connectivity index (χ2v) is 5.33. The molecule has 1 saturated heterocycles. The maximum absolute atomic E-state index is 11.9. The van der Waals surface area contributed by atoms with E-state index < -0.39 is 0 Å². The molecular weight excluding hydrogens is 252 g/mol. The molecule has 0 aromatic heterocycles. The zero-order valence-electron chi connectivity index (χ0n) is 12.4. The highest BCUT2D eigenvalue weighted by Gasteiger charge is 2.15. The van der Waals surface area contributed by atoms with Crippen molar-refractivity contribution in [3.63, 3.8) is 0 Å². The Morgan fingerprint density at radius 3 is 2.75 bits per heavy atom. The summed E-state index contributed by atoms with van der Waals surface area (Å²) in [6, 6.07) is 6.06. The van der Waals surface area contributed by atoms with E-state index in [-0.39, 0.29) is 6.03 Å². The van der Waals surface area contributed by atoms with Crippen LogP contribution in [0.1, 0.15) is 30.4 Å². The Balaban J connectivity index is 1.70. The number of hydrogen-bond acceptors (Lipinski definition) is 2. The molecule has 0 radical (unpaired) electrons. The minimum absolute atomic E-state index is 0.0364. The largest absolute Gasteiger partial charge is 0.491 e. The molecule has 1 aromatic rings. The Bertz CT molecular complexity index is 454. The van der Waals surface area contributed by atoms with Crippen LogP contribution in [0.4, 0.5) is 4.79 Å². The van der Waals surface area contributed by atoms with E-state index in [4.69, 9.17) is 4.74 Å². The van der Waals surface area contributed by atoms with Crippen molar-refractivity contribution < 1.29 is 9.53 Å². The first kappa shape index (κ1) is 14.7. The van der Waals surface area contributed by atoms with Crippen LogP contribution in [-0.4, -0.2) is 37.2 Å². The van der Waals surface area contributed by atoms with Gasteiger partial charge in [0.05, 0.1) is 6.54 Å². The molecular formula is C16H24N2O2. The molecule has 2 rings (SSSR count). The number of aryl methyl sites for hydroxylation is 1. The fourth-order valence-corrected chi connectivity index (χ4v) is 2.41. The number of benzene rings is 1. The van der Waals surface area contributed by atoms with Crippen LogP contribution < -0.4 is 10.1 Å². The van der Waals surface area contributed by atoms with E-state index in [1.807, 2.05) is 17.0 Å². The molecule has 4 nitrogen and oxygen atoms in total. The number of urea groups is 1. The number of nitrogens with one attached hydrogen (secondary N) is 1. The summed E-state index contributed by atoms with van der Waals surface area (Å²) in [5.74, 6) is 0.900. The van der Waals surface area contributed by atoms with Crippen LogP contribution in [0.5, 0.6) is 5.75 Å². The van der Waals surface area contributed by atoms with E-state index in [2.05, 4.69) is 25.2 Å². The first-order valence-electron chi connectivity index (χ1n) is 7.40. The Labute approximate surface area is 121 Å². The molecule has 0 atom stereocenters. The SMILES string of the molecule is Cc1cccc(OCCNC(=O)N2CCCCC2)c1C. The number of piperidine rings is 1. The molecule has 1 aliphatic heterocycles. The zero-order valence-corrected chi connectivity index (χ0v) is 12.4. The van der Waals surface area contributed by atoms with Crippen LogP contribution in [0.15, 0.2) is 18.2 Å². The highest BCUT2D eigenvalue weighted by molar-refractivity contribution is 5.74. The van der Waals surface area contributed by atoms with Crippen LogP contribution in [0.25, 0.3) is 0 Å². The molecule has 0 bridgehead atoms. The molecule has 0 aliphatic carbocycles. The third kappa shape index (κ3) is 3.89. The van der Waals surface area contributed by atoms with Gasteiger partial charge in [0.2, 0.25) is 0 Å². The first-order valence-corrected chi connectivity index (χ1v) is 7.40. The van der Waals surface area contributed by atoms with E-state index in [1.165, 1.54) is 12.0 Å². The van der Waals surface area contributed by atoms with Crippen LogP contribution in [0.2, 0.25) is 0 Å². The third-order valence-electron chi connectivity index (χ3n) is 3.83. The highest BCUT2D eigenvalue weighted by Crippen LogP contribution is 2.20. The molecule has 1 fully saturated rings. The van der Waals surface area contributed by atoms with Gasteiger partial charge in [0.1, 0.15) is 12.4 Å². The lowest BCUT2D eigenvalue weighted by Gasteiger charge is -2.26. The van der Waals surface area contributed by atoms with Crippen molar-refractivity contribution >= 4 is 6.03 Å². The molecule has 1 aromatic carbocycles. The van der Waals surface area contributed by atoms with Gasteiger partial charge in [-0.05, 0) is 50.3 Å². The van der Waals surface area contributed by atoms with Crippen molar-refractivity contribution in [1.82, 2.24) is 10.2 Å². The molecule has 0 spiro atoms. The van der Waals surface area contributed by atoms with Crippen LogP contribution in [0.3, 0.4) is 0 Å². The number of likely N-dealkylation sites (tertiary alicyclic amines) is 1. The number of nitrogens with zero attached hydrogens (tertiary/aromatic N) is 1. The summed E-state index contributed by atoms with van der Waals surface area (Å²) in [6.07, 6.45) is 3.47. The van der Waals surface area contributed by atoms with Gasteiger partial charge in [0.25, 0.3) is 0 Å². The highest BCUT2D eigenvalue weighted by atomic mass is 16.5. The fourth-order valence-electron chi connectivity index (χ4n) is 2.41. The normalized spacial score (nSPS) is 15.0. The van der Waals surface area contributed by atoms with Gasteiger partial charge >= 0.3 is 6.03 Å². The number of rotatable bonds is 4. The number of hydrogen-bond donors (Lipinski definition) is 1. The van der Waals surface area contributed by atoms with E-state index in [1.54, 1.807) is 0 Å². The first-order chi connectivity index (χ1) is 9.68. The molecule has 1 N–H and O–H groups in total. The summed E-state index contributed by atoms with van der Waals surface area (Å²) in [6.45, 7) is 6.93. The van der Waals surface area contributed by atoms with Crippen molar-refractivity contribution in [1.29, 1.82) is 0 Å². The van der Waals surface area contributed by atoms with Crippen molar-refractivity contribution in [3.05, 3.63) is 29.3 Å². The second-order valence-electron chi connectivity index (χ2n) is 5.33. The van der Waals surface area contributed by atoms with Gasteiger partial charge in [-0.1, -0.05) is 12.1 Å². The lowest BCUT2D eigenvalue weighted by molar-refractivity contribution is 0.183. The molecule has 0 saturated carbocycles. The predicted molar refractivity (Wildman–Crippen MR) is 80.2 cm³/mol. The molecule has 20 heavy (non-hydrogen) atoms. The molecule has 1 heterocycles. The summed E-state index contributed by atoms with van der Waals surface area (Å²) < 4.78 is 5.72. The maximum atomic E-state index is 11.9. The van der Waals surface area contributed by atoms with Crippen LogP contribution in [0, 0.1) is 13.8 Å². The molecule has 0 unspecified atom stereocenters. The van der Waals surface area contributed by atoms with Crippen LogP contribution in [-0.2, 0) is 0 Å². The van der Waals surface area contributed by atoms with Gasteiger partial charge in [-0.15, -0.1) is 0 Å². The monoisotopic (exact) mass is 276 g/mol. The average molecular weight is 276 g/mol. The van der Waals surface area contributed by atoms with Crippen molar-refractivity contribution in [2.45, 2.75) is 33.1 Å². The fraction of sp³-hybridized carbons (Fsp3) is 0.562. The van der Waals surface area contributed by atoms with E-state index in [9.17, 15) is 4.79 Å². The standard InChI is InChI=1S/C16H24N2O2/c1-13-7-6-8-15(14(13)2)20-12-9-17-16(19)18-10-4-3-5-11-18/h6-8H,3-5,9-12H2,1-2H3,(H,17,19). The Morgan fingerprint density at radius 2 is 2.00 bits per heavy atom. The maximum Gasteiger partial charge on any atom is 0.317 e. The lowest BCUT2D eigenvalue weighted by Crippen LogP contribution is -2.43. The van der Waals surface area contributed by atoms with Crippen molar-refractivity contribution in [2.24, 2.45) is 0 Å². The van der Waals surface area contributed by atoms with Gasteiger partial charge in [-0.25, -0.2) is 4.79 Å². The van der Waals surface area contributed by atoms with E-state index >= 15 is 0 Å².